The average molecular weight is 260 g/mol. The number of carbonyl (C=O) groups is 3. The number of carboxylic acids is 3. The first-order chi connectivity index (χ1) is 7.81. The number of halogens is 1. The van der Waals surface area contributed by atoms with Crippen LogP contribution in [0.1, 0.15) is 0 Å². The Bertz CT molecular complexity index is 221. The number of rotatable bonds is 3. The van der Waals surface area contributed by atoms with Gasteiger partial charge in [0.1, 0.15) is 0 Å². The Balaban J connectivity index is -0.0000000693. The summed E-state index contributed by atoms with van der Waals surface area (Å²) in [6.07, 6.45) is 2.17. The predicted molar refractivity (Wildman–Crippen MR) is 52.5 cm³/mol. The third-order valence-electron chi connectivity index (χ3n) is 0.500. The Morgan fingerprint density at radius 3 is 0.824 bits per heavy atom. The molecule has 0 atom stereocenters. The molecule has 0 bridgehead atoms. The first kappa shape index (κ1) is 24.1. The van der Waals surface area contributed by atoms with Gasteiger partial charge in [-0.15, -0.1) is 0 Å². The molecule has 0 rings (SSSR count). The van der Waals surface area contributed by atoms with Crippen LogP contribution in [0.5, 0.6) is 0 Å². The van der Waals surface area contributed by atoms with E-state index in [1.807, 2.05) is 0 Å². The van der Waals surface area contributed by atoms with Crippen molar-refractivity contribution in [2.75, 3.05) is 0 Å². The van der Waals surface area contributed by atoms with Crippen LogP contribution >= 0.6 is 0 Å². The summed E-state index contributed by atoms with van der Waals surface area (Å²) in [6.45, 7) is 8.69. The molecule has 92 valence electrons. The topological polar surface area (TPSA) is 120 Å². The fourth-order valence-corrected chi connectivity index (χ4v) is 0. The quantitative estimate of drug-likeness (QED) is 0.299. The van der Waals surface area contributed by atoms with E-state index in [1.54, 1.807) is 0 Å². The van der Waals surface area contributed by atoms with Crippen molar-refractivity contribution in [1.29, 1.82) is 0 Å². The monoisotopic (exact) mass is 260 g/mol. The zero-order valence-corrected chi connectivity index (χ0v) is 9.68. The molecule has 6 nitrogen and oxygen atoms in total. The van der Waals surface area contributed by atoms with Crippen LogP contribution in [0.2, 0.25) is 0 Å². The molecule has 0 amide bonds. The second-order valence-electron chi connectivity index (χ2n) is 1.57. The van der Waals surface area contributed by atoms with Gasteiger partial charge in [-0.2, -0.15) is 0 Å². The van der Waals surface area contributed by atoms with Crippen LogP contribution < -0.4 is 15.3 Å². The van der Waals surface area contributed by atoms with Crippen molar-refractivity contribution in [2.24, 2.45) is 0 Å². The van der Waals surface area contributed by atoms with Gasteiger partial charge >= 0.3 is 14.7 Å². The molecule has 0 aromatic heterocycles. The third kappa shape index (κ3) is 134. The van der Waals surface area contributed by atoms with Crippen LogP contribution in [0.4, 0.5) is 4.11 Å². The van der Waals surface area contributed by atoms with Crippen molar-refractivity contribution in [2.45, 2.75) is 0 Å². The van der Waals surface area contributed by atoms with E-state index in [-0.39, 0.29) is 0 Å². The summed E-state index contributed by atoms with van der Waals surface area (Å²) >= 11 is 0. The predicted octanol–water partition coefficient (Wildman–Crippen LogP) is -3.19. The molecule has 17 heavy (non-hydrogen) atoms. The summed E-state index contributed by atoms with van der Waals surface area (Å²) in [7, 11) is 1.47. The average Bonchev–Trinajstić information content (AvgIpc) is 2.32. The number of aliphatic carboxylic acids is 3. The van der Waals surface area contributed by atoms with E-state index in [0.29, 0.717) is 0 Å². The third-order valence-corrected chi connectivity index (χ3v) is 0.500. The molecule has 0 aliphatic carbocycles. The molecule has 0 N–H and O–H groups in total. The van der Waals surface area contributed by atoms with Crippen molar-refractivity contribution in [1.82, 2.24) is 0 Å². The van der Waals surface area contributed by atoms with Crippen LogP contribution in [0, 0.1) is 0 Å². The zero-order chi connectivity index (χ0) is 14.9. The van der Waals surface area contributed by atoms with E-state index in [2.05, 4.69) is 19.7 Å². The summed E-state index contributed by atoms with van der Waals surface area (Å²) in [5.41, 5.74) is 0. The summed E-state index contributed by atoms with van der Waals surface area (Å²) < 4.78 is 9.31. The van der Waals surface area contributed by atoms with Crippen molar-refractivity contribution in [3.05, 3.63) is 38.0 Å². The van der Waals surface area contributed by atoms with Gasteiger partial charge in [-0.05, 0) is 18.2 Å². The fourth-order valence-electron chi connectivity index (χ4n) is 0. The van der Waals surface area contributed by atoms with E-state index in [1.165, 1.54) is 10.6 Å². The molecule has 0 aliphatic heterocycles. The van der Waals surface area contributed by atoms with Crippen molar-refractivity contribution >= 4 is 28.5 Å². The molecule has 0 saturated carbocycles. The minimum atomic E-state index is -1.23. The van der Waals surface area contributed by atoms with E-state index < -0.39 is 17.9 Å². The van der Waals surface area contributed by atoms with Crippen molar-refractivity contribution in [3.63, 3.8) is 0 Å². The number of hydrogen-bond donors (Lipinski definition) is 0. The molecule has 0 unspecified atom stereocenters. The molecule has 0 aromatic carbocycles. The number of hydrogen-bond acceptors (Lipinski definition) is 6. The molecule has 0 saturated heterocycles. The first-order valence-electron chi connectivity index (χ1n) is 3.50. The second-order valence-corrected chi connectivity index (χ2v) is 1.57. The second kappa shape index (κ2) is 23.5. The maximum absolute atomic E-state index is 9.31. The Kier molecular flexibility index (Phi) is 33.4. The summed E-state index contributed by atoms with van der Waals surface area (Å²) in [5, 5.41) is 27.4. The minimum absolute atomic E-state index is 0.722. The fraction of sp³-hybridized carbons (Fsp3) is 0. The van der Waals surface area contributed by atoms with Crippen LogP contribution in [0.3, 0.4) is 0 Å². The SMILES string of the molecule is C=CC(=O)[O-].C=CC(=O)[O-].C=CC(=O)[O-].F[Si+3]. The Morgan fingerprint density at radius 1 is 0.765 bits per heavy atom. The molecule has 0 fully saturated rings. The number of carboxylic acid groups (broad SMARTS) is 3. The molecule has 0 aliphatic rings. The molecule has 8 heteroatoms. The van der Waals surface area contributed by atoms with Crippen molar-refractivity contribution < 1.29 is 33.8 Å². The van der Waals surface area contributed by atoms with Gasteiger partial charge in [-0.1, -0.05) is 19.7 Å². The maximum atomic E-state index is 9.31. The van der Waals surface area contributed by atoms with E-state index in [4.69, 9.17) is 29.7 Å². The Labute approximate surface area is 101 Å². The summed E-state index contributed by atoms with van der Waals surface area (Å²) in [6, 6.07) is 0. The summed E-state index contributed by atoms with van der Waals surface area (Å²) in [4.78, 5) is 27.4. The molecule has 0 spiro atoms. The molecule has 0 heterocycles. The molecule has 0 radical (unpaired) electrons. The van der Waals surface area contributed by atoms with Gasteiger partial charge in [0.15, 0.2) is 0 Å². The molecular formula is C9H9FO6Si. The van der Waals surface area contributed by atoms with Gasteiger partial charge in [0.25, 0.3) is 0 Å². The standard InChI is InChI=1S/3C3H4O2.FSi/c3*1-2-3(4)5;1-2/h3*2H,1H2,(H,4,5);/q;;;+3/p-3. The van der Waals surface area contributed by atoms with Gasteiger partial charge in [-0.25, -0.2) is 0 Å². The molecule has 0 aromatic rings. The Morgan fingerprint density at radius 2 is 0.824 bits per heavy atom. The first-order valence-corrected chi connectivity index (χ1v) is 3.88. The summed E-state index contributed by atoms with van der Waals surface area (Å²) in [5.74, 6) is -3.69. The van der Waals surface area contributed by atoms with Crippen LogP contribution in [0.25, 0.3) is 0 Å². The van der Waals surface area contributed by atoms with E-state index in [9.17, 15) is 4.11 Å². The molecular weight excluding hydrogens is 251 g/mol. The van der Waals surface area contributed by atoms with Gasteiger partial charge in [0, 0.05) is 0 Å². The zero-order valence-electron chi connectivity index (χ0n) is 8.68. The van der Waals surface area contributed by atoms with Gasteiger partial charge in [0.05, 0.1) is 17.9 Å². The van der Waals surface area contributed by atoms with Crippen molar-refractivity contribution in [3.8, 4) is 0 Å². The van der Waals surface area contributed by atoms with Crippen LogP contribution in [-0.4, -0.2) is 28.5 Å². The normalized spacial score (nSPS) is 6.06. The number of carbonyl (C=O) groups excluding carboxylic acids is 3. The van der Waals surface area contributed by atoms with E-state index >= 15 is 0 Å². The van der Waals surface area contributed by atoms with E-state index in [0.717, 1.165) is 18.2 Å². The van der Waals surface area contributed by atoms with Crippen LogP contribution in [0.15, 0.2) is 38.0 Å². The van der Waals surface area contributed by atoms with Gasteiger partial charge in [0.2, 0.25) is 0 Å². The van der Waals surface area contributed by atoms with Gasteiger partial charge in [-0.3, -0.25) is 0 Å². The Hall–Kier alpha value is -2.22. The van der Waals surface area contributed by atoms with Crippen LogP contribution in [-0.2, 0) is 14.4 Å². The van der Waals surface area contributed by atoms with Gasteiger partial charge < -0.3 is 29.7 Å².